The molecule has 1 aliphatic rings. The molecule has 2 heteroatoms. The van der Waals surface area contributed by atoms with Gasteiger partial charge in [0.1, 0.15) is 0 Å². The van der Waals surface area contributed by atoms with Crippen molar-refractivity contribution in [1.82, 2.24) is 5.32 Å². The summed E-state index contributed by atoms with van der Waals surface area (Å²) in [6.07, 6.45) is 7.71. The van der Waals surface area contributed by atoms with Gasteiger partial charge in [-0.25, -0.2) is 0 Å². The van der Waals surface area contributed by atoms with Gasteiger partial charge in [-0.2, -0.15) is 0 Å². The van der Waals surface area contributed by atoms with Crippen LogP contribution in [0.4, 0.5) is 0 Å². The van der Waals surface area contributed by atoms with Crippen molar-refractivity contribution < 1.29 is 5.11 Å². The monoisotopic (exact) mass is 213 g/mol. The maximum atomic E-state index is 10.3. The maximum Gasteiger partial charge on any atom is 0.0768 e. The van der Waals surface area contributed by atoms with Gasteiger partial charge in [-0.1, -0.05) is 39.5 Å². The van der Waals surface area contributed by atoms with Gasteiger partial charge in [0.05, 0.1) is 5.60 Å². The molecule has 1 saturated carbocycles. The van der Waals surface area contributed by atoms with Crippen LogP contribution in [0, 0.1) is 5.92 Å². The second kappa shape index (κ2) is 5.86. The highest BCUT2D eigenvalue weighted by atomic mass is 16.3. The summed E-state index contributed by atoms with van der Waals surface area (Å²) in [4.78, 5) is 0. The third-order valence-electron chi connectivity index (χ3n) is 4.03. The Kier molecular flexibility index (Phi) is 5.07. The van der Waals surface area contributed by atoms with Crippen LogP contribution >= 0.6 is 0 Å². The molecule has 0 aromatic heterocycles. The van der Waals surface area contributed by atoms with Crippen LogP contribution in [-0.4, -0.2) is 23.3 Å². The molecule has 0 amide bonds. The zero-order valence-electron chi connectivity index (χ0n) is 10.6. The first-order chi connectivity index (χ1) is 7.06. The van der Waals surface area contributed by atoms with Gasteiger partial charge >= 0.3 is 0 Å². The van der Waals surface area contributed by atoms with Crippen LogP contribution in [0.15, 0.2) is 0 Å². The van der Waals surface area contributed by atoms with E-state index in [9.17, 15) is 5.11 Å². The Labute approximate surface area is 94.5 Å². The van der Waals surface area contributed by atoms with Crippen molar-refractivity contribution in [3.8, 4) is 0 Å². The van der Waals surface area contributed by atoms with E-state index >= 15 is 0 Å². The number of hydrogen-bond donors (Lipinski definition) is 2. The largest absolute Gasteiger partial charge is 0.389 e. The van der Waals surface area contributed by atoms with E-state index in [2.05, 4.69) is 19.2 Å². The predicted molar refractivity (Wildman–Crippen MR) is 65.0 cm³/mol. The predicted octanol–water partition coefficient (Wildman–Crippen LogP) is 2.71. The fraction of sp³-hybridized carbons (Fsp3) is 1.00. The van der Waals surface area contributed by atoms with Gasteiger partial charge < -0.3 is 10.4 Å². The molecule has 2 atom stereocenters. The maximum absolute atomic E-state index is 10.3. The molecule has 90 valence electrons. The Balaban J connectivity index is 2.27. The number of hydrogen-bond acceptors (Lipinski definition) is 2. The Morgan fingerprint density at radius 2 is 1.93 bits per heavy atom. The Hall–Kier alpha value is -0.0800. The zero-order chi connectivity index (χ0) is 11.3. The Morgan fingerprint density at radius 1 is 1.33 bits per heavy atom. The van der Waals surface area contributed by atoms with Gasteiger partial charge in [0.25, 0.3) is 0 Å². The summed E-state index contributed by atoms with van der Waals surface area (Å²) in [7, 11) is 0. The van der Waals surface area contributed by atoms with Crippen LogP contribution in [0.5, 0.6) is 0 Å². The summed E-state index contributed by atoms with van der Waals surface area (Å²) >= 11 is 0. The fourth-order valence-electron chi connectivity index (χ4n) is 2.27. The first-order valence-corrected chi connectivity index (χ1v) is 6.52. The molecule has 1 rings (SSSR count). The van der Waals surface area contributed by atoms with Gasteiger partial charge in [0.2, 0.25) is 0 Å². The fourth-order valence-corrected chi connectivity index (χ4v) is 2.27. The van der Waals surface area contributed by atoms with E-state index in [-0.39, 0.29) is 0 Å². The second-order valence-electron chi connectivity index (χ2n) is 5.38. The summed E-state index contributed by atoms with van der Waals surface area (Å²) in [6.45, 7) is 6.96. The lowest BCUT2D eigenvalue weighted by atomic mass is 9.87. The molecular formula is C13H27NO. The third kappa shape index (κ3) is 4.12. The average molecular weight is 213 g/mol. The highest BCUT2D eigenvalue weighted by molar-refractivity contribution is 4.83. The van der Waals surface area contributed by atoms with E-state index in [4.69, 9.17) is 0 Å². The SMILES string of the molecule is CCC(C)C(C)(O)CNC1CCCCC1. The molecule has 2 N–H and O–H groups in total. The van der Waals surface area contributed by atoms with Crippen LogP contribution in [0.2, 0.25) is 0 Å². The second-order valence-corrected chi connectivity index (χ2v) is 5.38. The minimum absolute atomic E-state index is 0.369. The van der Waals surface area contributed by atoms with Crippen LogP contribution in [0.25, 0.3) is 0 Å². The molecule has 2 nitrogen and oxygen atoms in total. The van der Waals surface area contributed by atoms with E-state index in [1.54, 1.807) is 0 Å². The lowest BCUT2D eigenvalue weighted by molar-refractivity contribution is 0.00233. The molecule has 0 saturated heterocycles. The van der Waals surface area contributed by atoms with Crippen LogP contribution < -0.4 is 5.32 Å². The zero-order valence-corrected chi connectivity index (χ0v) is 10.6. The third-order valence-corrected chi connectivity index (χ3v) is 4.03. The normalized spacial score (nSPS) is 24.8. The Morgan fingerprint density at radius 3 is 2.47 bits per heavy atom. The van der Waals surface area contributed by atoms with Gasteiger partial charge in [-0.3, -0.25) is 0 Å². The topological polar surface area (TPSA) is 32.3 Å². The minimum atomic E-state index is -0.549. The number of aliphatic hydroxyl groups is 1. The summed E-state index contributed by atoms with van der Waals surface area (Å²) < 4.78 is 0. The molecule has 1 fully saturated rings. The smallest absolute Gasteiger partial charge is 0.0768 e. The quantitative estimate of drug-likeness (QED) is 0.736. The van der Waals surface area contributed by atoms with Gasteiger partial charge in [-0.15, -0.1) is 0 Å². The molecule has 0 radical (unpaired) electrons. The van der Waals surface area contributed by atoms with Crippen molar-refractivity contribution in [2.75, 3.05) is 6.54 Å². The first-order valence-electron chi connectivity index (χ1n) is 6.52. The molecule has 2 unspecified atom stereocenters. The standard InChI is InChI=1S/C13H27NO/c1-4-11(2)13(3,15)10-14-12-8-6-5-7-9-12/h11-12,14-15H,4-10H2,1-3H3. The van der Waals surface area contributed by atoms with Crippen molar-refractivity contribution in [3.05, 3.63) is 0 Å². The summed E-state index contributed by atoms with van der Waals surface area (Å²) in [5, 5.41) is 13.8. The van der Waals surface area contributed by atoms with E-state index in [0.717, 1.165) is 13.0 Å². The van der Waals surface area contributed by atoms with Crippen molar-refractivity contribution in [2.45, 2.75) is 70.9 Å². The summed E-state index contributed by atoms with van der Waals surface area (Å²) in [5.41, 5.74) is -0.549. The Bertz CT molecular complexity index is 173. The highest BCUT2D eigenvalue weighted by Crippen LogP contribution is 2.21. The van der Waals surface area contributed by atoms with E-state index in [1.807, 2.05) is 6.92 Å². The van der Waals surface area contributed by atoms with Crippen LogP contribution in [0.3, 0.4) is 0 Å². The van der Waals surface area contributed by atoms with E-state index < -0.39 is 5.60 Å². The van der Waals surface area contributed by atoms with E-state index in [0.29, 0.717) is 12.0 Å². The van der Waals surface area contributed by atoms with Crippen LogP contribution in [0.1, 0.15) is 59.3 Å². The highest BCUT2D eigenvalue weighted by Gasteiger charge is 2.27. The van der Waals surface area contributed by atoms with Crippen molar-refractivity contribution in [1.29, 1.82) is 0 Å². The summed E-state index contributed by atoms with van der Waals surface area (Å²) in [5.74, 6) is 0.369. The lowest BCUT2D eigenvalue weighted by Crippen LogP contribution is -2.46. The van der Waals surface area contributed by atoms with Crippen molar-refractivity contribution in [2.24, 2.45) is 5.92 Å². The molecule has 0 spiro atoms. The molecule has 1 aliphatic carbocycles. The molecule has 0 aromatic carbocycles. The lowest BCUT2D eigenvalue weighted by Gasteiger charge is -2.33. The average Bonchev–Trinajstić information content (AvgIpc) is 2.27. The van der Waals surface area contributed by atoms with Crippen LogP contribution in [-0.2, 0) is 0 Å². The number of nitrogens with one attached hydrogen (secondary N) is 1. The molecule has 0 aromatic rings. The summed E-state index contributed by atoms with van der Waals surface area (Å²) in [6, 6.07) is 0.647. The minimum Gasteiger partial charge on any atom is -0.389 e. The molecule has 0 bridgehead atoms. The molecule has 0 aliphatic heterocycles. The van der Waals surface area contributed by atoms with Gasteiger partial charge in [0.15, 0.2) is 0 Å². The van der Waals surface area contributed by atoms with Crippen molar-refractivity contribution >= 4 is 0 Å². The van der Waals surface area contributed by atoms with Crippen molar-refractivity contribution in [3.63, 3.8) is 0 Å². The van der Waals surface area contributed by atoms with E-state index in [1.165, 1.54) is 32.1 Å². The molecular weight excluding hydrogens is 186 g/mol. The number of rotatable bonds is 5. The molecule has 15 heavy (non-hydrogen) atoms. The first kappa shape index (κ1) is 13.0. The molecule has 0 heterocycles. The van der Waals surface area contributed by atoms with Gasteiger partial charge in [-0.05, 0) is 25.7 Å². The van der Waals surface area contributed by atoms with Gasteiger partial charge in [0, 0.05) is 12.6 Å².